The highest BCUT2D eigenvalue weighted by Gasteiger charge is 2.08. The van der Waals surface area contributed by atoms with Crippen LogP contribution in [0.5, 0.6) is 5.75 Å². The summed E-state index contributed by atoms with van der Waals surface area (Å²) in [6.45, 7) is 0. The van der Waals surface area contributed by atoms with Crippen molar-refractivity contribution in [3.8, 4) is 5.75 Å². The van der Waals surface area contributed by atoms with Gasteiger partial charge in [-0.05, 0) is 18.2 Å². The van der Waals surface area contributed by atoms with Crippen LogP contribution in [0, 0.1) is 11.6 Å². The molecule has 2 aromatic rings. The Bertz CT molecular complexity index is 620. The van der Waals surface area contributed by atoms with Crippen molar-refractivity contribution in [2.24, 2.45) is 0 Å². The predicted octanol–water partition coefficient (Wildman–Crippen LogP) is 3.95. The summed E-state index contributed by atoms with van der Waals surface area (Å²) in [5, 5.41) is 2.87. The number of anilines is 3. The van der Waals surface area contributed by atoms with Crippen molar-refractivity contribution in [3.05, 3.63) is 47.0 Å². The first kappa shape index (κ1) is 13.4. The van der Waals surface area contributed by atoms with Crippen LogP contribution in [-0.2, 0) is 0 Å². The standard InChI is InChI=1S/C13H11ClF2N2O/c1-19-13-4-7(2-3-9(13)15)18-12-5-8(14)10(16)6-11(12)17/h2-6,18H,17H2,1H3. The Morgan fingerprint density at radius 3 is 2.58 bits per heavy atom. The zero-order chi connectivity index (χ0) is 14.0. The molecular formula is C13H11ClF2N2O. The van der Waals surface area contributed by atoms with Crippen molar-refractivity contribution < 1.29 is 13.5 Å². The molecule has 0 heterocycles. The number of ether oxygens (including phenoxy) is 1. The van der Waals surface area contributed by atoms with Crippen molar-refractivity contribution in [2.45, 2.75) is 0 Å². The largest absolute Gasteiger partial charge is 0.494 e. The van der Waals surface area contributed by atoms with Gasteiger partial charge in [0.15, 0.2) is 11.6 Å². The molecule has 0 bridgehead atoms. The summed E-state index contributed by atoms with van der Waals surface area (Å²) in [5.41, 5.74) is 6.85. The fourth-order valence-corrected chi connectivity index (χ4v) is 1.73. The van der Waals surface area contributed by atoms with E-state index in [0.717, 1.165) is 6.07 Å². The quantitative estimate of drug-likeness (QED) is 0.839. The van der Waals surface area contributed by atoms with Gasteiger partial charge in [-0.15, -0.1) is 0 Å². The van der Waals surface area contributed by atoms with Crippen LogP contribution in [0.2, 0.25) is 5.02 Å². The average molecular weight is 285 g/mol. The van der Waals surface area contributed by atoms with Crippen LogP contribution >= 0.6 is 11.6 Å². The zero-order valence-electron chi connectivity index (χ0n) is 10.0. The smallest absolute Gasteiger partial charge is 0.165 e. The molecule has 0 aliphatic carbocycles. The lowest BCUT2D eigenvalue weighted by Crippen LogP contribution is -1.98. The molecule has 0 saturated carbocycles. The van der Waals surface area contributed by atoms with Crippen LogP contribution in [-0.4, -0.2) is 7.11 Å². The fourth-order valence-electron chi connectivity index (χ4n) is 1.56. The van der Waals surface area contributed by atoms with Crippen LogP contribution in [0.25, 0.3) is 0 Å². The highest BCUT2D eigenvalue weighted by atomic mass is 35.5. The second-order valence-electron chi connectivity index (χ2n) is 3.83. The van der Waals surface area contributed by atoms with E-state index in [-0.39, 0.29) is 16.5 Å². The van der Waals surface area contributed by atoms with E-state index in [9.17, 15) is 8.78 Å². The van der Waals surface area contributed by atoms with Gasteiger partial charge in [0.1, 0.15) is 5.82 Å². The number of methoxy groups -OCH3 is 1. The van der Waals surface area contributed by atoms with Gasteiger partial charge in [0.05, 0.1) is 23.5 Å². The first-order chi connectivity index (χ1) is 9.01. The Morgan fingerprint density at radius 2 is 1.89 bits per heavy atom. The predicted molar refractivity (Wildman–Crippen MR) is 72.1 cm³/mol. The van der Waals surface area contributed by atoms with Crippen LogP contribution in [0.3, 0.4) is 0 Å². The van der Waals surface area contributed by atoms with Crippen molar-refractivity contribution in [3.63, 3.8) is 0 Å². The van der Waals surface area contributed by atoms with Gasteiger partial charge in [0.25, 0.3) is 0 Å². The van der Waals surface area contributed by atoms with Crippen molar-refractivity contribution in [1.82, 2.24) is 0 Å². The van der Waals surface area contributed by atoms with Crippen LogP contribution in [0.1, 0.15) is 0 Å². The molecule has 0 amide bonds. The van der Waals surface area contributed by atoms with Crippen molar-refractivity contribution in [1.29, 1.82) is 0 Å². The minimum Gasteiger partial charge on any atom is -0.494 e. The molecule has 0 spiro atoms. The van der Waals surface area contributed by atoms with Gasteiger partial charge >= 0.3 is 0 Å². The van der Waals surface area contributed by atoms with Crippen molar-refractivity contribution in [2.75, 3.05) is 18.2 Å². The lowest BCUT2D eigenvalue weighted by atomic mass is 10.2. The molecule has 3 nitrogen and oxygen atoms in total. The molecule has 19 heavy (non-hydrogen) atoms. The number of nitrogens with two attached hydrogens (primary N) is 1. The van der Waals surface area contributed by atoms with E-state index in [0.29, 0.717) is 11.4 Å². The maximum Gasteiger partial charge on any atom is 0.165 e. The van der Waals surface area contributed by atoms with Gasteiger partial charge in [0, 0.05) is 17.8 Å². The molecule has 0 saturated heterocycles. The molecule has 100 valence electrons. The summed E-state index contributed by atoms with van der Waals surface area (Å²) >= 11 is 5.68. The summed E-state index contributed by atoms with van der Waals surface area (Å²) in [7, 11) is 1.37. The zero-order valence-corrected chi connectivity index (χ0v) is 10.8. The fraction of sp³-hybridized carbons (Fsp3) is 0.0769. The van der Waals surface area contributed by atoms with E-state index >= 15 is 0 Å². The number of benzene rings is 2. The van der Waals surface area contributed by atoms with Gasteiger partial charge < -0.3 is 15.8 Å². The van der Waals surface area contributed by atoms with Gasteiger partial charge in [-0.25, -0.2) is 8.78 Å². The second kappa shape index (κ2) is 5.32. The normalized spacial score (nSPS) is 10.3. The van der Waals surface area contributed by atoms with Gasteiger partial charge in [-0.2, -0.15) is 0 Å². The third-order valence-corrected chi connectivity index (χ3v) is 2.81. The number of nitrogen functional groups attached to an aromatic ring is 1. The molecule has 0 aliphatic heterocycles. The molecule has 6 heteroatoms. The van der Waals surface area contributed by atoms with E-state index < -0.39 is 11.6 Å². The summed E-state index contributed by atoms with van der Waals surface area (Å²) in [6.07, 6.45) is 0. The van der Waals surface area contributed by atoms with E-state index in [1.165, 1.54) is 31.4 Å². The third kappa shape index (κ3) is 2.88. The molecule has 2 aromatic carbocycles. The Kier molecular flexibility index (Phi) is 3.76. The number of hydrogen-bond acceptors (Lipinski definition) is 3. The minimum absolute atomic E-state index is 0.0502. The first-order valence-electron chi connectivity index (χ1n) is 5.36. The molecule has 0 atom stereocenters. The third-order valence-electron chi connectivity index (χ3n) is 2.52. The topological polar surface area (TPSA) is 47.3 Å². The first-order valence-corrected chi connectivity index (χ1v) is 5.74. The maximum atomic E-state index is 13.3. The Labute approximate surface area is 113 Å². The molecule has 2 rings (SSSR count). The summed E-state index contributed by atoms with van der Waals surface area (Å²) in [6, 6.07) is 6.70. The molecule has 0 fully saturated rings. The lowest BCUT2D eigenvalue weighted by molar-refractivity contribution is 0.387. The van der Waals surface area contributed by atoms with Gasteiger partial charge in [-0.1, -0.05) is 11.6 Å². The van der Waals surface area contributed by atoms with Crippen LogP contribution < -0.4 is 15.8 Å². The monoisotopic (exact) mass is 284 g/mol. The SMILES string of the molecule is COc1cc(Nc2cc(Cl)c(F)cc2N)ccc1F. The molecule has 0 aromatic heterocycles. The van der Waals surface area contributed by atoms with E-state index in [1.54, 1.807) is 0 Å². The number of hydrogen-bond donors (Lipinski definition) is 2. The van der Waals surface area contributed by atoms with Gasteiger partial charge in [-0.3, -0.25) is 0 Å². The summed E-state index contributed by atoms with van der Waals surface area (Å²) < 4.78 is 31.3. The number of rotatable bonds is 3. The molecule has 0 radical (unpaired) electrons. The molecular weight excluding hydrogens is 274 g/mol. The molecule has 3 N–H and O–H groups in total. The van der Waals surface area contributed by atoms with Crippen molar-refractivity contribution >= 4 is 28.7 Å². The highest BCUT2D eigenvalue weighted by molar-refractivity contribution is 6.31. The van der Waals surface area contributed by atoms with E-state index in [1.807, 2.05) is 0 Å². The number of halogens is 3. The van der Waals surface area contributed by atoms with Crippen LogP contribution in [0.4, 0.5) is 25.8 Å². The Morgan fingerprint density at radius 1 is 1.16 bits per heavy atom. The molecule has 0 unspecified atom stereocenters. The highest BCUT2D eigenvalue weighted by Crippen LogP contribution is 2.30. The maximum absolute atomic E-state index is 13.3. The lowest BCUT2D eigenvalue weighted by Gasteiger charge is -2.11. The van der Waals surface area contributed by atoms with E-state index in [4.69, 9.17) is 22.1 Å². The summed E-state index contributed by atoms with van der Waals surface area (Å²) in [5.74, 6) is -0.976. The second-order valence-corrected chi connectivity index (χ2v) is 4.24. The van der Waals surface area contributed by atoms with E-state index in [2.05, 4.69) is 5.32 Å². The Balaban J connectivity index is 2.33. The number of nitrogens with one attached hydrogen (secondary N) is 1. The molecule has 0 aliphatic rings. The summed E-state index contributed by atoms with van der Waals surface area (Å²) in [4.78, 5) is 0. The Hall–Kier alpha value is -2.01. The van der Waals surface area contributed by atoms with Gasteiger partial charge in [0.2, 0.25) is 0 Å². The minimum atomic E-state index is -0.596. The average Bonchev–Trinajstić information content (AvgIpc) is 2.38. The van der Waals surface area contributed by atoms with Crippen LogP contribution in [0.15, 0.2) is 30.3 Å².